The van der Waals surface area contributed by atoms with E-state index >= 15 is 0 Å². The third-order valence-corrected chi connectivity index (χ3v) is 5.74. The maximum atomic E-state index is 12.8. The molecule has 1 aromatic heterocycles. The lowest BCUT2D eigenvalue weighted by Gasteiger charge is -2.13. The Labute approximate surface area is 196 Å². The van der Waals surface area contributed by atoms with Gasteiger partial charge in [-0.15, -0.1) is 0 Å². The first kappa shape index (κ1) is 22.9. The van der Waals surface area contributed by atoms with Gasteiger partial charge in [-0.05, 0) is 44.4 Å². The average Bonchev–Trinajstić information content (AvgIpc) is 3.19. The standard InChI is InChI=1S/C25H24N4O5/c1-15-6-8-17(9-7-15)14-26-25(31)23-16(2)22-20(4-3-5-21(22)34-23)27-28-24(30)18-10-12-19(13-11-18)29(32)33/h6-13H,3-5,14H2,1-2H3,(H,26,31)(H,28,30)/b27-20+. The molecule has 0 unspecified atom stereocenters. The van der Waals surface area contributed by atoms with Crippen molar-refractivity contribution in [3.8, 4) is 0 Å². The number of carbonyl (C=O) groups is 2. The summed E-state index contributed by atoms with van der Waals surface area (Å²) in [5.41, 5.74) is 6.87. The van der Waals surface area contributed by atoms with Crippen LogP contribution in [0.2, 0.25) is 0 Å². The molecule has 0 atom stereocenters. The largest absolute Gasteiger partial charge is 0.455 e. The zero-order chi connectivity index (χ0) is 24.2. The molecule has 174 valence electrons. The first-order chi connectivity index (χ1) is 16.3. The van der Waals surface area contributed by atoms with Crippen LogP contribution < -0.4 is 10.7 Å². The lowest BCUT2D eigenvalue weighted by atomic mass is 9.93. The molecule has 9 heteroatoms. The molecule has 1 aliphatic rings. The van der Waals surface area contributed by atoms with Crippen molar-refractivity contribution in [1.29, 1.82) is 0 Å². The fourth-order valence-corrected chi connectivity index (χ4v) is 3.88. The second-order valence-electron chi connectivity index (χ2n) is 8.18. The Bertz CT molecular complexity index is 1270. The molecular weight excluding hydrogens is 436 g/mol. The third kappa shape index (κ3) is 4.88. The number of carbonyl (C=O) groups excluding carboxylic acids is 2. The molecule has 2 aromatic carbocycles. The van der Waals surface area contributed by atoms with Crippen molar-refractivity contribution >= 4 is 23.2 Å². The van der Waals surface area contributed by atoms with Gasteiger partial charge in [0.05, 0.1) is 10.6 Å². The lowest BCUT2D eigenvalue weighted by Crippen LogP contribution is -2.23. The highest BCUT2D eigenvalue weighted by Crippen LogP contribution is 2.30. The van der Waals surface area contributed by atoms with Crippen molar-refractivity contribution in [3.63, 3.8) is 0 Å². The fourth-order valence-electron chi connectivity index (χ4n) is 3.88. The van der Waals surface area contributed by atoms with Crippen molar-refractivity contribution in [2.24, 2.45) is 5.10 Å². The third-order valence-electron chi connectivity index (χ3n) is 5.74. The van der Waals surface area contributed by atoms with E-state index in [0.29, 0.717) is 36.4 Å². The van der Waals surface area contributed by atoms with Crippen LogP contribution in [0.15, 0.2) is 58.0 Å². The number of hydrogen-bond donors (Lipinski definition) is 2. The number of nitro benzene ring substituents is 1. The normalized spacial score (nSPS) is 13.9. The molecule has 0 saturated heterocycles. The van der Waals surface area contributed by atoms with Crippen molar-refractivity contribution in [2.75, 3.05) is 0 Å². The molecule has 0 radical (unpaired) electrons. The number of furan rings is 1. The smallest absolute Gasteiger partial charge is 0.287 e. The Balaban J connectivity index is 1.48. The second-order valence-corrected chi connectivity index (χ2v) is 8.18. The van der Waals surface area contributed by atoms with Crippen molar-refractivity contribution in [1.82, 2.24) is 10.7 Å². The highest BCUT2D eigenvalue weighted by molar-refractivity contribution is 6.07. The van der Waals surface area contributed by atoms with Gasteiger partial charge in [0.2, 0.25) is 0 Å². The van der Waals surface area contributed by atoms with Gasteiger partial charge in [-0.1, -0.05) is 29.8 Å². The van der Waals surface area contributed by atoms with Crippen LogP contribution in [0.3, 0.4) is 0 Å². The molecule has 3 aromatic rings. The van der Waals surface area contributed by atoms with Gasteiger partial charge >= 0.3 is 0 Å². The summed E-state index contributed by atoms with van der Waals surface area (Å²) in [6, 6.07) is 13.2. The lowest BCUT2D eigenvalue weighted by molar-refractivity contribution is -0.384. The number of aryl methyl sites for hydroxylation is 2. The van der Waals surface area contributed by atoms with Crippen LogP contribution in [-0.4, -0.2) is 22.4 Å². The van der Waals surface area contributed by atoms with Gasteiger partial charge in [-0.3, -0.25) is 19.7 Å². The van der Waals surface area contributed by atoms with Crippen LogP contribution >= 0.6 is 0 Å². The van der Waals surface area contributed by atoms with Crippen LogP contribution in [0.1, 0.15) is 61.8 Å². The maximum Gasteiger partial charge on any atom is 0.287 e. The van der Waals surface area contributed by atoms with Gasteiger partial charge in [0.1, 0.15) is 5.76 Å². The van der Waals surface area contributed by atoms with Crippen molar-refractivity contribution in [3.05, 3.63) is 98.0 Å². The summed E-state index contributed by atoms with van der Waals surface area (Å²) in [5, 5.41) is 18.0. The van der Waals surface area contributed by atoms with E-state index in [4.69, 9.17) is 4.42 Å². The number of nitro groups is 1. The van der Waals surface area contributed by atoms with E-state index in [-0.39, 0.29) is 22.9 Å². The first-order valence-electron chi connectivity index (χ1n) is 10.9. The number of nitrogens with zero attached hydrogens (tertiary/aromatic N) is 2. The zero-order valence-corrected chi connectivity index (χ0v) is 18.9. The number of benzene rings is 2. The molecular formula is C25H24N4O5. The van der Waals surface area contributed by atoms with Gasteiger partial charge in [0.15, 0.2) is 5.76 Å². The number of hydrogen-bond acceptors (Lipinski definition) is 6. The van der Waals surface area contributed by atoms with E-state index in [9.17, 15) is 19.7 Å². The first-order valence-corrected chi connectivity index (χ1v) is 10.9. The van der Waals surface area contributed by atoms with Crippen LogP contribution in [0.4, 0.5) is 5.69 Å². The molecule has 0 bridgehead atoms. The Morgan fingerprint density at radius 1 is 1.03 bits per heavy atom. The Morgan fingerprint density at radius 2 is 1.74 bits per heavy atom. The van der Waals surface area contributed by atoms with E-state index in [0.717, 1.165) is 23.1 Å². The van der Waals surface area contributed by atoms with Crippen molar-refractivity contribution < 1.29 is 18.9 Å². The average molecular weight is 460 g/mol. The molecule has 0 aliphatic heterocycles. The minimum Gasteiger partial charge on any atom is -0.455 e. The van der Waals surface area contributed by atoms with Gasteiger partial charge in [-0.2, -0.15) is 5.10 Å². The quantitative estimate of drug-likeness (QED) is 0.421. The molecule has 2 N–H and O–H groups in total. The maximum absolute atomic E-state index is 12.8. The van der Waals surface area contributed by atoms with E-state index in [1.807, 2.05) is 38.1 Å². The molecule has 0 fully saturated rings. The fraction of sp³-hybridized carbons (Fsp3) is 0.240. The summed E-state index contributed by atoms with van der Waals surface area (Å²) in [5.74, 6) is 0.134. The van der Waals surface area contributed by atoms with E-state index in [2.05, 4.69) is 15.8 Å². The van der Waals surface area contributed by atoms with Crippen LogP contribution in [0.5, 0.6) is 0 Å². The van der Waals surface area contributed by atoms with Crippen LogP contribution in [0.25, 0.3) is 0 Å². The zero-order valence-electron chi connectivity index (χ0n) is 18.9. The molecule has 0 spiro atoms. The van der Waals surface area contributed by atoms with Gasteiger partial charge in [-0.25, -0.2) is 5.43 Å². The summed E-state index contributed by atoms with van der Waals surface area (Å²) in [7, 11) is 0. The summed E-state index contributed by atoms with van der Waals surface area (Å²) in [4.78, 5) is 35.5. The predicted octanol–water partition coefficient (Wildman–Crippen LogP) is 4.21. The second kappa shape index (κ2) is 9.70. The van der Waals surface area contributed by atoms with E-state index < -0.39 is 10.8 Å². The molecule has 2 amide bonds. The Hall–Kier alpha value is -4.27. The molecule has 1 heterocycles. The van der Waals surface area contributed by atoms with Gasteiger partial charge in [0, 0.05) is 41.8 Å². The Morgan fingerprint density at radius 3 is 2.41 bits per heavy atom. The summed E-state index contributed by atoms with van der Waals surface area (Å²) in [6.45, 7) is 4.20. The number of amides is 2. The SMILES string of the molecule is Cc1ccc(CNC(=O)c2oc3c(c2C)/C(=N/NC(=O)c2ccc([N+](=O)[O-])cc2)CCC3)cc1. The molecule has 34 heavy (non-hydrogen) atoms. The predicted molar refractivity (Wildman–Crippen MR) is 126 cm³/mol. The number of fused-ring (bicyclic) bond motifs is 1. The van der Waals surface area contributed by atoms with Crippen LogP contribution in [0, 0.1) is 24.0 Å². The highest BCUT2D eigenvalue weighted by Gasteiger charge is 2.28. The monoisotopic (exact) mass is 460 g/mol. The minimum absolute atomic E-state index is 0.0954. The summed E-state index contributed by atoms with van der Waals surface area (Å²) in [6.07, 6.45) is 2.08. The number of non-ortho nitro benzene ring substituents is 1. The number of rotatable bonds is 6. The van der Waals surface area contributed by atoms with E-state index in [1.54, 1.807) is 0 Å². The molecule has 9 nitrogen and oxygen atoms in total. The van der Waals surface area contributed by atoms with Crippen LogP contribution in [-0.2, 0) is 13.0 Å². The molecule has 4 rings (SSSR count). The summed E-state index contributed by atoms with van der Waals surface area (Å²) < 4.78 is 5.89. The number of nitrogens with one attached hydrogen (secondary N) is 2. The Kier molecular flexibility index (Phi) is 6.53. The van der Waals surface area contributed by atoms with Gasteiger partial charge in [0.25, 0.3) is 17.5 Å². The summed E-state index contributed by atoms with van der Waals surface area (Å²) >= 11 is 0. The highest BCUT2D eigenvalue weighted by atomic mass is 16.6. The van der Waals surface area contributed by atoms with Crippen molar-refractivity contribution in [2.45, 2.75) is 39.7 Å². The van der Waals surface area contributed by atoms with E-state index in [1.165, 1.54) is 24.3 Å². The van der Waals surface area contributed by atoms with Gasteiger partial charge < -0.3 is 9.73 Å². The topological polar surface area (TPSA) is 127 Å². The minimum atomic E-state index is -0.526. The number of hydrazone groups is 1. The molecule has 0 saturated carbocycles. The molecule has 1 aliphatic carbocycles.